The van der Waals surface area contributed by atoms with Crippen molar-refractivity contribution in [3.63, 3.8) is 0 Å². The maximum atomic E-state index is 6.64. The Labute approximate surface area is 386 Å². The lowest BCUT2D eigenvalue weighted by molar-refractivity contribution is 0.660. The topological polar surface area (TPSA) is 16.4 Å². The second-order valence-corrected chi connectivity index (χ2v) is 19.3. The van der Waals surface area contributed by atoms with Gasteiger partial charge in [-0.3, -0.25) is 0 Å². The van der Waals surface area contributed by atoms with Crippen LogP contribution in [-0.2, 0) is 10.8 Å². The van der Waals surface area contributed by atoms with E-state index in [2.05, 4.69) is 239 Å². The number of hydrogen-bond donors (Lipinski definition) is 0. The summed E-state index contributed by atoms with van der Waals surface area (Å²) in [6, 6.07) is 78.3. The molecule has 2 aliphatic rings. The van der Waals surface area contributed by atoms with Crippen LogP contribution < -0.4 is 4.90 Å². The Morgan fingerprint density at radius 2 is 0.773 bits per heavy atom. The molecule has 0 fully saturated rings. The molecule has 314 valence electrons. The van der Waals surface area contributed by atoms with Crippen LogP contribution >= 0.6 is 0 Å². The normalized spacial score (nSPS) is 14.0. The molecule has 2 aliphatic carbocycles. The van der Waals surface area contributed by atoms with Crippen LogP contribution in [0, 0.1) is 0 Å². The van der Waals surface area contributed by atoms with E-state index in [1.54, 1.807) is 0 Å². The predicted molar refractivity (Wildman–Crippen MR) is 277 cm³/mol. The van der Waals surface area contributed by atoms with E-state index in [0.29, 0.717) is 0 Å². The molecule has 1 aromatic heterocycles. The van der Waals surface area contributed by atoms with Gasteiger partial charge in [0, 0.05) is 43.9 Å². The second kappa shape index (κ2) is 14.3. The Morgan fingerprint density at radius 1 is 0.318 bits per heavy atom. The number of anilines is 3. The molecule has 0 amide bonds. The summed E-state index contributed by atoms with van der Waals surface area (Å²) in [5.74, 6) is 0. The van der Waals surface area contributed by atoms with E-state index < -0.39 is 0 Å². The Bertz CT molecular complexity index is 3610. The SMILES string of the molecule is CC1(C)c2cc(-c3ccccc3)ccc2-c2ccc(N(c3ccc4c(c3)C(C)(C)c3cc(-c5ccccc5)ccc3-4)c3ccc(-c4cccc5c4oc4ccccc45)c4ccccc34)cc21. The molecule has 0 atom stereocenters. The Balaban J connectivity index is 1.000. The number of para-hydroxylation sites is 2. The van der Waals surface area contributed by atoms with Crippen molar-refractivity contribution in [2.24, 2.45) is 0 Å². The van der Waals surface area contributed by atoms with Crippen molar-refractivity contribution in [1.82, 2.24) is 0 Å². The van der Waals surface area contributed by atoms with Crippen molar-refractivity contribution >= 4 is 49.8 Å². The first-order valence-electron chi connectivity index (χ1n) is 23.2. The molecule has 13 rings (SSSR count). The molecule has 2 nitrogen and oxygen atoms in total. The smallest absolute Gasteiger partial charge is 0.143 e. The number of nitrogens with zero attached hydrogens (tertiary/aromatic N) is 1. The molecule has 0 saturated heterocycles. The summed E-state index contributed by atoms with van der Waals surface area (Å²) in [6.07, 6.45) is 0. The van der Waals surface area contributed by atoms with Gasteiger partial charge in [0.1, 0.15) is 11.2 Å². The van der Waals surface area contributed by atoms with Crippen molar-refractivity contribution < 1.29 is 4.42 Å². The standard InChI is InChI=1S/C64H47NO/c1-63(2)56-36-42(40-16-7-5-8-17-40)26-30-48(56)50-32-28-44(38-58(50)63)65(45-29-33-51-49-31-27-43(41-18-9-6-10-19-41)37-57(49)64(3,4)59(51)39-45)60-35-34-47(46-20-11-12-21-52(46)60)54-23-15-24-55-53-22-13-14-25-61(53)66-62(54)55/h5-39H,1-4H3. The zero-order chi connectivity index (χ0) is 44.3. The van der Waals surface area contributed by atoms with Crippen LogP contribution in [0.25, 0.3) is 88.3 Å². The molecule has 10 aromatic carbocycles. The maximum Gasteiger partial charge on any atom is 0.143 e. The average Bonchev–Trinajstić information content (AvgIpc) is 3.94. The van der Waals surface area contributed by atoms with Gasteiger partial charge in [-0.25, -0.2) is 0 Å². The van der Waals surface area contributed by atoms with Gasteiger partial charge in [-0.05, 0) is 126 Å². The molecule has 0 aliphatic heterocycles. The number of fused-ring (bicyclic) bond motifs is 10. The Hall–Kier alpha value is -7.94. The first-order chi connectivity index (χ1) is 32.2. The second-order valence-electron chi connectivity index (χ2n) is 19.3. The minimum Gasteiger partial charge on any atom is -0.455 e. The number of benzene rings is 10. The number of furan rings is 1. The summed E-state index contributed by atoms with van der Waals surface area (Å²) in [6.45, 7) is 9.56. The molecule has 66 heavy (non-hydrogen) atoms. The van der Waals surface area contributed by atoms with Crippen molar-refractivity contribution in [3.05, 3.63) is 235 Å². The van der Waals surface area contributed by atoms with Crippen LogP contribution in [0.4, 0.5) is 17.1 Å². The molecule has 0 N–H and O–H groups in total. The summed E-state index contributed by atoms with van der Waals surface area (Å²) in [5, 5.41) is 4.62. The highest BCUT2D eigenvalue weighted by molar-refractivity contribution is 6.14. The van der Waals surface area contributed by atoms with Gasteiger partial charge in [0.25, 0.3) is 0 Å². The molecular formula is C64H47NO. The lowest BCUT2D eigenvalue weighted by Crippen LogP contribution is -2.18. The zero-order valence-electron chi connectivity index (χ0n) is 37.6. The minimum atomic E-state index is -0.216. The molecule has 0 bridgehead atoms. The fourth-order valence-electron chi connectivity index (χ4n) is 11.4. The van der Waals surface area contributed by atoms with E-state index in [0.717, 1.165) is 50.1 Å². The molecule has 0 saturated carbocycles. The molecule has 0 unspecified atom stereocenters. The van der Waals surface area contributed by atoms with Crippen LogP contribution in [0.5, 0.6) is 0 Å². The lowest BCUT2D eigenvalue weighted by Gasteiger charge is -2.31. The van der Waals surface area contributed by atoms with Crippen LogP contribution in [0.3, 0.4) is 0 Å². The van der Waals surface area contributed by atoms with Crippen molar-refractivity contribution in [3.8, 4) is 55.6 Å². The summed E-state index contributed by atoms with van der Waals surface area (Å²) in [7, 11) is 0. The van der Waals surface area contributed by atoms with Gasteiger partial charge < -0.3 is 9.32 Å². The Kier molecular flexibility index (Phi) is 8.33. The van der Waals surface area contributed by atoms with Gasteiger partial charge in [0.15, 0.2) is 0 Å². The van der Waals surface area contributed by atoms with E-state index in [-0.39, 0.29) is 10.8 Å². The molecule has 11 aromatic rings. The predicted octanol–water partition coefficient (Wildman–Crippen LogP) is 17.8. The third kappa shape index (κ3) is 5.67. The van der Waals surface area contributed by atoms with E-state index in [4.69, 9.17) is 4.42 Å². The third-order valence-corrected chi connectivity index (χ3v) is 14.9. The van der Waals surface area contributed by atoms with Gasteiger partial charge in [0.2, 0.25) is 0 Å². The highest BCUT2D eigenvalue weighted by Crippen LogP contribution is 2.55. The number of hydrogen-bond acceptors (Lipinski definition) is 2. The highest BCUT2D eigenvalue weighted by Gasteiger charge is 2.38. The van der Waals surface area contributed by atoms with Crippen LogP contribution in [-0.4, -0.2) is 0 Å². The maximum absolute atomic E-state index is 6.64. The summed E-state index contributed by atoms with van der Waals surface area (Å²) >= 11 is 0. The molecular weight excluding hydrogens is 799 g/mol. The molecule has 0 radical (unpaired) electrons. The lowest BCUT2D eigenvalue weighted by atomic mass is 9.81. The highest BCUT2D eigenvalue weighted by atomic mass is 16.3. The third-order valence-electron chi connectivity index (χ3n) is 14.9. The van der Waals surface area contributed by atoms with Gasteiger partial charge in [-0.1, -0.05) is 191 Å². The molecule has 1 heterocycles. The first-order valence-corrected chi connectivity index (χ1v) is 23.2. The molecule has 2 heteroatoms. The molecule has 0 spiro atoms. The largest absolute Gasteiger partial charge is 0.455 e. The van der Waals surface area contributed by atoms with Crippen molar-refractivity contribution in [1.29, 1.82) is 0 Å². The van der Waals surface area contributed by atoms with E-state index in [1.165, 1.54) is 77.5 Å². The minimum absolute atomic E-state index is 0.216. The van der Waals surface area contributed by atoms with Crippen LogP contribution in [0.1, 0.15) is 49.9 Å². The van der Waals surface area contributed by atoms with E-state index >= 15 is 0 Å². The fourth-order valence-corrected chi connectivity index (χ4v) is 11.4. The average molecular weight is 846 g/mol. The van der Waals surface area contributed by atoms with Gasteiger partial charge in [0.05, 0.1) is 5.69 Å². The Morgan fingerprint density at radius 3 is 1.35 bits per heavy atom. The summed E-state index contributed by atoms with van der Waals surface area (Å²) in [4.78, 5) is 2.51. The van der Waals surface area contributed by atoms with Crippen molar-refractivity contribution in [2.75, 3.05) is 4.90 Å². The van der Waals surface area contributed by atoms with E-state index in [1.807, 2.05) is 6.07 Å². The van der Waals surface area contributed by atoms with Gasteiger partial charge >= 0.3 is 0 Å². The number of rotatable bonds is 6. The monoisotopic (exact) mass is 845 g/mol. The van der Waals surface area contributed by atoms with Crippen molar-refractivity contribution in [2.45, 2.75) is 38.5 Å². The summed E-state index contributed by atoms with van der Waals surface area (Å²) in [5.41, 5.74) is 22.7. The zero-order valence-corrected chi connectivity index (χ0v) is 37.6. The van der Waals surface area contributed by atoms with Gasteiger partial charge in [-0.2, -0.15) is 0 Å². The summed E-state index contributed by atoms with van der Waals surface area (Å²) < 4.78 is 6.64. The van der Waals surface area contributed by atoms with Gasteiger partial charge in [-0.15, -0.1) is 0 Å². The van der Waals surface area contributed by atoms with Crippen LogP contribution in [0.15, 0.2) is 217 Å². The van der Waals surface area contributed by atoms with Crippen LogP contribution in [0.2, 0.25) is 0 Å². The quantitative estimate of drug-likeness (QED) is 0.166. The first kappa shape index (κ1) is 38.5. The van der Waals surface area contributed by atoms with E-state index in [9.17, 15) is 0 Å². The fraction of sp³-hybridized carbons (Fsp3) is 0.0938.